The molecule has 2 fully saturated rings. The third kappa shape index (κ3) is 1.54. The topological polar surface area (TPSA) is 54.3 Å². The highest BCUT2D eigenvalue weighted by molar-refractivity contribution is 6.29. The summed E-state index contributed by atoms with van der Waals surface area (Å²) in [5.41, 5.74) is 0. The van der Waals surface area contributed by atoms with Crippen molar-refractivity contribution < 1.29 is 9.21 Å². The van der Waals surface area contributed by atoms with Crippen molar-refractivity contribution in [3.63, 3.8) is 0 Å². The van der Waals surface area contributed by atoms with Crippen molar-refractivity contribution >= 4 is 17.5 Å². The van der Waals surface area contributed by atoms with E-state index in [1.165, 1.54) is 0 Å². The van der Waals surface area contributed by atoms with E-state index in [9.17, 15) is 4.79 Å². The Morgan fingerprint density at radius 1 is 1.47 bits per heavy atom. The average molecular weight is 227 g/mol. The van der Waals surface area contributed by atoms with Gasteiger partial charge in [-0.05, 0) is 35.6 Å². The molecule has 0 spiro atoms. The number of piperidine rings is 1. The van der Waals surface area contributed by atoms with Crippen molar-refractivity contribution in [2.75, 3.05) is 13.1 Å². The van der Waals surface area contributed by atoms with Gasteiger partial charge in [-0.1, -0.05) is 0 Å². The fraction of sp³-hybridized carbons (Fsp3) is 0.500. The standard InChI is InChI=1S/C10H11ClN2O2/c11-8-2-1-7(15-8)10(14)13-9-5-3-12-4-6(5)9/h1-2,5-6,9,12H,3-4H2,(H,13,14). The second kappa shape index (κ2) is 3.25. The largest absolute Gasteiger partial charge is 0.440 e. The van der Waals surface area contributed by atoms with Crippen molar-refractivity contribution in [1.29, 1.82) is 0 Å². The number of halogens is 1. The Morgan fingerprint density at radius 2 is 2.20 bits per heavy atom. The molecule has 0 bridgehead atoms. The quantitative estimate of drug-likeness (QED) is 0.787. The monoisotopic (exact) mass is 226 g/mol. The van der Waals surface area contributed by atoms with Crippen LogP contribution in [0, 0.1) is 11.8 Å². The molecule has 5 heteroatoms. The number of hydrogen-bond acceptors (Lipinski definition) is 3. The summed E-state index contributed by atoms with van der Waals surface area (Å²) in [6.45, 7) is 2.02. The van der Waals surface area contributed by atoms with Crippen molar-refractivity contribution in [2.45, 2.75) is 6.04 Å². The van der Waals surface area contributed by atoms with Crippen LogP contribution < -0.4 is 10.6 Å². The number of nitrogens with one attached hydrogen (secondary N) is 2. The molecule has 1 saturated heterocycles. The Bertz CT molecular complexity index is 394. The van der Waals surface area contributed by atoms with Gasteiger partial charge in [0.1, 0.15) is 0 Å². The zero-order chi connectivity index (χ0) is 10.4. The van der Waals surface area contributed by atoms with Crippen LogP contribution in [0.3, 0.4) is 0 Å². The fourth-order valence-corrected chi connectivity index (χ4v) is 2.44. The van der Waals surface area contributed by atoms with Gasteiger partial charge in [0, 0.05) is 19.1 Å². The predicted octanol–water partition coefficient (Wildman–Crippen LogP) is 0.881. The molecule has 1 aliphatic carbocycles. The Kier molecular flexibility index (Phi) is 2.00. The van der Waals surface area contributed by atoms with Gasteiger partial charge in [-0.3, -0.25) is 4.79 Å². The van der Waals surface area contributed by atoms with Gasteiger partial charge in [-0.25, -0.2) is 0 Å². The van der Waals surface area contributed by atoms with Gasteiger partial charge in [0.2, 0.25) is 0 Å². The fourth-order valence-electron chi connectivity index (χ4n) is 2.29. The molecule has 2 atom stereocenters. The minimum Gasteiger partial charge on any atom is -0.440 e. The molecule has 2 aliphatic rings. The highest BCUT2D eigenvalue weighted by atomic mass is 35.5. The van der Waals surface area contributed by atoms with Crippen LogP contribution >= 0.6 is 11.6 Å². The maximum atomic E-state index is 11.7. The number of amides is 1. The second-order valence-electron chi connectivity index (χ2n) is 4.09. The average Bonchev–Trinajstić information content (AvgIpc) is 2.66. The number of carbonyl (C=O) groups excluding carboxylic acids is 1. The zero-order valence-corrected chi connectivity index (χ0v) is 8.75. The van der Waals surface area contributed by atoms with Gasteiger partial charge in [0.05, 0.1) is 0 Å². The predicted molar refractivity (Wildman–Crippen MR) is 54.8 cm³/mol. The maximum absolute atomic E-state index is 11.7. The first-order valence-electron chi connectivity index (χ1n) is 5.02. The van der Waals surface area contributed by atoms with Crippen molar-refractivity contribution in [1.82, 2.24) is 10.6 Å². The van der Waals surface area contributed by atoms with Crippen LogP contribution in [0.5, 0.6) is 0 Å². The van der Waals surface area contributed by atoms with E-state index >= 15 is 0 Å². The summed E-state index contributed by atoms with van der Waals surface area (Å²) in [6, 6.07) is 3.49. The van der Waals surface area contributed by atoms with E-state index in [2.05, 4.69) is 10.6 Å². The highest BCUT2D eigenvalue weighted by Gasteiger charge is 2.53. The third-order valence-electron chi connectivity index (χ3n) is 3.19. The van der Waals surface area contributed by atoms with Crippen LogP contribution in [0.1, 0.15) is 10.6 Å². The van der Waals surface area contributed by atoms with E-state index in [4.69, 9.17) is 16.0 Å². The molecule has 2 heterocycles. The van der Waals surface area contributed by atoms with Gasteiger partial charge in [0.15, 0.2) is 11.0 Å². The molecular weight excluding hydrogens is 216 g/mol. The van der Waals surface area contributed by atoms with Gasteiger partial charge in [-0.2, -0.15) is 0 Å². The zero-order valence-electron chi connectivity index (χ0n) is 8.00. The first-order chi connectivity index (χ1) is 7.25. The number of fused-ring (bicyclic) bond motifs is 1. The molecule has 1 aromatic heterocycles. The van der Waals surface area contributed by atoms with Crippen LogP contribution in [0.25, 0.3) is 0 Å². The Balaban J connectivity index is 1.62. The van der Waals surface area contributed by atoms with Crippen LogP contribution in [-0.2, 0) is 0 Å². The van der Waals surface area contributed by atoms with E-state index in [-0.39, 0.29) is 16.9 Å². The molecule has 80 valence electrons. The summed E-state index contributed by atoms with van der Waals surface area (Å²) in [7, 11) is 0. The number of hydrogen-bond donors (Lipinski definition) is 2. The summed E-state index contributed by atoms with van der Waals surface area (Å²) in [6.07, 6.45) is 0. The summed E-state index contributed by atoms with van der Waals surface area (Å²) >= 11 is 5.60. The molecule has 0 radical (unpaired) electrons. The highest BCUT2D eigenvalue weighted by Crippen LogP contribution is 2.41. The van der Waals surface area contributed by atoms with Crippen LogP contribution in [-0.4, -0.2) is 25.0 Å². The Morgan fingerprint density at radius 3 is 2.80 bits per heavy atom. The Hall–Kier alpha value is -1.00. The van der Waals surface area contributed by atoms with Crippen LogP contribution in [0.15, 0.2) is 16.5 Å². The molecule has 4 nitrogen and oxygen atoms in total. The van der Waals surface area contributed by atoms with Gasteiger partial charge in [0.25, 0.3) is 5.91 Å². The lowest BCUT2D eigenvalue weighted by molar-refractivity contribution is 0.0919. The second-order valence-corrected chi connectivity index (χ2v) is 4.46. The maximum Gasteiger partial charge on any atom is 0.287 e. The summed E-state index contributed by atoms with van der Waals surface area (Å²) in [4.78, 5) is 11.7. The van der Waals surface area contributed by atoms with Crippen LogP contribution in [0.4, 0.5) is 0 Å². The van der Waals surface area contributed by atoms with Gasteiger partial charge >= 0.3 is 0 Å². The molecule has 1 saturated carbocycles. The third-order valence-corrected chi connectivity index (χ3v) is 3.39. The van der Waals surface area contributed by atoms with E-state index in [0.717, 1.165) is 13.1 Å². The van der Waals surface area contributed by atoms with E-state index in [1.54, 1.807) is 12.1 Å². The van der Waals surface area contributed by atoms with Crippen molar-refractivity contribution in [2.24, 2.45) is 11.8 Å². The molecule has 1 amide bonds. The molecule has 0 aromatic carbocycles. The van der Waals surface area contributed by atoms with Gasteiger partial charge in [-0.15, -0.1) is 0 Å². The molecule has 3 rings (SSSR count). The van der Waals surface area contributed by atoms with Gasteiger partial charge < -0.3 is 15.1 Å². The lowest BCUT2D eigenvalue weighted by Gasteiger charge is -2.05. The molecule has 15 heavy (non-hydrogen) atoms. The summed E-state index contributed by atoms with van der Waals surface area (Å²) in [5.74, 6) is 1.35. The molecular formula is C10H11ClN2O2. The smallest absolute Gasteiger partial charge is 0.287 e. The van der Waals surface area contributed by atoms with Crippen LogP contribution in [0.2, 0.25) is 5.22 Å². The SMILES string of the molecule is O=C(NC1C2CNCC21)c1ccc(Cl)o1. The number of furan rings is 1. The molecule has 2 N–H and O–H groups in total. The molecule has 1 aromatic rings. The minimum atomic E-state index is -0.165. The minimum absolute atomic E-state index is 0.165. The number of carbonyl (C=O) groups is 1. The van der Waals surface area contributed by atoms with E-state index in [1.807, 2.05) is 0 Å². The lowest BCUT2D eigenvalue weighted by Crippen LogP contribution is -2.32. The number of rotatable bonds is 2. The molecule has 1 aliphatic heterocycles. The normalized spacial score (nSPS) is 32.5. The summed E-state index contributed by atoms with van der Waals surface area (Å²) in [5, 5.41) is 6.48. The summed E-state index contributed by atoms with van der Waals surface area (Å²) < 4.78 is 5.03. The molecule has 2 unspecified atom stereocenters. The van der Waals surface area contributed by atoms with E-state index < -0.39 is 0 Å². The Labute approximate surface area is 92.0 Å². The lowest BCUT2D eigenvalue weighted by atomic mass is 10.4. The first kappa shape index (κ1) is 9.24. The first-order valence-corrected chi connectivity index (χ1v) is 5.40. The van der Waals surface area contributed by atoms with E-state index in [0.29, 0.717) is 17.9 Å². The van der Waals surface area contributed by atoms with Crippen molar-refractivity contribution in [3.05, 3.63) is 23.1 Å². The van der Waals surface area contributed by atoms with Crippen molar-refractivity contribution in [3.8, 4) is 0 Å².